The van der Waals surface area contributed by atoms with Crippen LogP contribution in [0.5, 0.6) is 0 Å². The highest BCUT2D eigenvalue weighted by Crippen LogP contribution is 2.34. The zero-order valence-corrected chi connectivity index (χ0v) is 10.6. The number of anilines is 1. The first-order valence-electron chi connectivity index (χ1n) is 5.32. The first kappa shape index (κ1) is 12.0. The minimum atomic E-state index is -0.336. The van der Waals surface area contributed by atoms with E-state index in [-0.39, 0.29) is 23.5 Å². The number of amides is 2. The van der Waals surface area contributed by atoms with Gasteiger partial charge in [0.2, 0.25) is 11.8 Å². The molecule has 1 aromatic carbocycles. The Hall–Kier alpha value is -1.49. The largest absolute Gasteiger partial charge is 0.398 e. The van der Waals surface area contributed by atoms with Crippen LogP contribution in [0.25, 0.3) is 0 Å². The summed E-state index contributed by atoms with van der Waals surface area (Å²) in [5.74, 6) is -0.264. The van der Waals surface area contributed by atoms with Crippen LogP contribution in [0.3, 0.4) is 0 Å². The molecular weight excluding hydrogens is 236 g/mol. The molecule has 1 fully saturated rings. The van der Waals surface area contributed by atoms with E-state index < -0.39 is 0 Å². The van der Waals surface area contributed by atoms with Gasteiger partial charge in [-0.1, -0.05) is 6.07 Å². The minimum Gasteiger partial charge on any atom is -0.398 e. The van der Waals surface area contributed by atoms with Crippen LogP contribution < -0.4 is 5.73 Å². The molecule has 1 atom stereocenters. The molecular formula is C12H14N2O2S. The Morgan fingerprint density at radius 2 is 2.12 bits per heavy atom. The molecule has 1 unspecified atom stereocenters. The van der Waals surface area contributed by atoms with Crippen molar-refractivity contribution in [2.45, 2.75) is 23.5 Å². The maximum Gasteiger partial charge on any atom is 0.242 e. The first-order valence-corrected chi connectivity index (χ1v) is 6.20. The predicted molar refractivity (Wildman–Crippen MR) is 67.6 cm³/mol. The lowest BCUT2D eigenvalue weighted by atomic mass is 10.2. The fourth-order valence-electron chi connectivity index (χ4n) is 1.71. The third kappa shape index (κ3) is 2.29. The quantitative estimate of drug-likeness (QED) is 0.637. The van der Waals surface area contributed by atoms with E-state index in [0.29, 0.717) is 5.69 Å². The summed E-state index contributed by atoms with van der Waals surface area (Å²) in [6.45, 7) is 1.97. The molecule has 1 aliphatic rings. The molecule has 2 N–H and O–H groups in total. The fraction of sp³-hybridized carbons (Fsp3) is 0.333. The second-order valence-electron chi connectivity index (χ2n) is 4.14. The number of imide groups is 1. The van der Waals surface area contributed by atoms with Crippen LogP contribution in [0, 0.1) is 6.92 Å². The summed E-state index contributed by atoms with van der Waals surface area (Å²) in [5.41, 5.74) is 7.59. The van der Waals surface area contributed by atoms with E-state index in [1.54, 1.807) is 0 Å². The van der Waals surface area contributed by atoms with Crippen LogP contribution in [0.1, 0.15) is 12.0 Å². The number of nitrogens with zero attached hydrogens (tertiary/aromatic N) is 1. The van der Waals surface area contributed by atoms with E-state index >= 15 is 0 Å². The molecule has 2 rings (SSSR count). The van der Waals surface area contributed by atoms with Gasteiger partial charge in [-0.3, -0.25) is 14.5 Å². The molecule has 1 saturated heterocycles. The van der Waals surface area contributed by atoms with Gasteiger partial charge in [-0.15, -0.1) is 11.8 Å². The SMILES string of the molecule is Cc1ccc(N)c(SC2CC(=O)N(C)C2=O)c1. The number of rotatable bonds is 2. The average Bonchev–Trinajstić information content (AvgIpc) is 2.52. The normalized spacial score (nSPS) is 20.1. The Labute approximate surface area is 104 Å². The maximum atomic E-state index is 11.8. The maximum absolute atomic E-state index is 11.8. The summed E-state index contributed by atoms with van der Waals surface area (Å²) in [6, 6.07) is 5.69. The number of hydrogen-bond donors (Lipinski definition) is 1. The molecule has 1 aliphatic heterocycles. The van der Waals surface area contributed by atoms with Gasteiger partial charge in [-0.2, -0.15) is 0 Å². The standard InChI is InChI=1S/C12H14N2O2S/c1-7-3-4-8(13)9(5-7)17-10-6-11(15)14(2)12(10)16/h3-5,10H,6,13H2,1-2H3. The van der Waals surface area contributed by atoms with Crippen molar-refractivity contribution in [3.8, 4) is 0 Å². The smallest absolute Gasteiger partial charge is 0.242 e. The van der Waals surface area contributed by atoms with Gasteiger partial charge in [-0.25, -0.2) is 0 Å². The van der Waals surface area contributed by atoms with Crippen molar-refractivity contribution < 1.29 is 9.59 Å². The summed E-state index contributed by atoms with van der Waals surface area (Å²) in [5, 5.41) is -0.336. The van der Waals surface area contributed by atoms with Gasteiger partial charge in [0.1, 0.15) is 0 Å². The number of carbonyl (C=O) groups excluding carboxylic acids is 2. The highest BCUT2D eigenvalue weighted by Gasteiger charge is 2.36. The van der Waals surface area contributed by atoms with Gasteiger partial charge in [0.15, 0.2) is 0 Å². The van der Waals surface area contributed by atoms with Gasteiger partial charge in [0, 0.05) is 24.1 Å². The third-order valence-corrected chi connectivity index (χ3v) is 4.04. The number of thioether (sulfide) groups is 1. The number of nitrogens with two attached hydrogens (primary N) is 1. The molecule has 0 aliphatic carbocycles. The monoisotopic (exact) mass is 250 g/mol. The summed E-state index contributed by atoms with van der Waals surface area (Å²) < 4.78 is 0. The van der Waals surface area contributed by atoms with E-state index in [2.05, 4.69) is 0 Å². The first-order chi connectivity index (χ1) is 7.99. The predicted octanol–water partition coefficient (Wildman–Crippen LogP) is 1.43. The third-order valence-electron chi connectivity index (χ3n) is 2.78. The van der Waals surface area contributed by atoms with Crippen LogP contribution in [-0.4, -0.2) is 29.0 Å². The molecule has 17 heavy (non-hydrogen) atoms. The average molecular weight is 250 g/mol. The molecule has 0 saturated carbocycles. The van der Waals surface area contributed by atoms with Crippen molar-refractivity contribution in [1.29, 1.82) is 0 Å². The van der Waals surface area contributed by atoms with Crippen LogP contribution in [-0.2, 0) is 9.59 Å². The summed E-state index contributed by atoms with van der Waals surface area (Å²) in [6.07, 6.45) is 0.257. The topological polar surface area (TPSA) is 63.4 Å². The minimum absolute atomic E-state index is 0.126. The van der Waals surface area contributed by atoms with Crippen molar-refractivity contribution in [2.24, 2.45) is 0 Å². The Kier molecular flexibility index (Phi) is 3.11. The lowest BCUT2D eigenvalue weighted by Gasteiger charge is -2.10. The highest BCUT2D eigenvalue weighted by atomic mass is 32.2. The van der Waals surface area contributed by atoms with E-state index in [1.807, 2.05) is 25.1 Å². The zero-order chi connectivity index (χ0) is 12.6. The van der Waals surface area contributed by atoms with Crippen LogP contribution in [0.15, 0.2) is 23.1 Å². The van der Waals surface area contributed by atoms with Gasteiger partial charge >= 0.3 is 0 Å². The van der Waals surface area contributed by atoms with Crippen molar-refractivity contribution in [3.05, 3.63) is 23.8 Å². The van der Waals surface area contributed by atoms with Gasteiger partial charge in [-0.05, 0) is 24.6 Å². The number of carbonyl (C=O) groups is 2. The van der Waals surface area contributed by atoms with Crippen molar-refractivity contribution in [2.75, 3.05) is 12.8 Å². The van der Waals surface area contributed by atoms with Crippen LogP contribution >= 0.6 is 11.8 Å². The van der Waals surface area contributed by atoms with Crippen molar-refractivity contribution in [1.82, 2.24) is 4.90 Å². The van der Waals surface area contributed by atoms with Gasteiger partial charge < -0.3 is 5.73 Å². The summed E-state index contributed by atoms with van der Waals surface area (Å²) >= 11 is 1.37. The Morgan fingerprint density at radius 1 is 1.41 bits per heavy atom. The Morgan fingerprint density at radius 3 is 2.71 bits per heavy atom. The van der Waals surface area contributed by atoms with E-state index in [1.165, 1.54) is 23.7 Å². The summed E-state index contributed by atoms with van der Waals surface area (Å²) in [7, 11) is 1.52. The number of hydrogen-bond acceptors (Lipinski definition) is 4. The van der Waals surface area contributed by atoms with E-state index in [9.17, 15) is 9.59 Å². The lowest BCUT2D eigenvalue weighted by molar-refractivity contribution is -0.136. The molecule has 90 valence electrons. The Balaban J connectivity index is 2.19. The number of benzene rings is 1. The second kappa shape index (κ2) is 4.41. The fourth-order valence-corrected chi connectivity index (χ4v) is 2.96. The Bertz CT molecular complexity index is 487. The van der Waals surface area contributed by atoms with Gasteiger partial charge in [0.25, 0.3) is 0 Å². The zero-order valence-electron chi connectivity index (χ0n) is 9.77. The molecule has 2 amide bonds. The molecule has 0 aromatic heterocycles. The van der Waals surface area contributed by atoms with Crippen molar-refractivity contribution >= 4 is 29.3 Å². The number of aryl methyl sites for hydroxylation is 1. The second-order valence-corrected chi connectivity index (χ2v) is 5.39. The summed E-state index contributed by atoms with van der Waals surface area (Å²) in [4.78, 5) is 25.2. The van der Waals surface area contributed by atoms with E-state index in [4.69, 9.17) is 5.73 Å². The van der Waals surface area contributed by atoms with Crippen LogP contribution in [0.4, 0.5) is 5.69 Å². The molecule has 0 bridgehead atoms. The number of nitrogen functional groups attached to an aromatic ring is 1. The molecule has 1 heterocycles. The van der Waals surface area contributed by atoms with Crippen molar-refractivity contribution in [3.63, 3.8) is 0 Å². The number of likely N-dealkylation sites (tertiary alicyclic amines) is 1. The van der Waals surface area contributed by atoms with Crippen LogP contribution in [0.2, 0.25) is 0 Å². The lowest BCUT2D eigenvalue weighted by Crippen LogP contribution is -2.26. The molecule has 5 heteroatoms. The highest BCUT2D eigenvalue weighted by molar-refractivity contribution is 8.00. The molecule has 0 radical (unpaired) electrons. The molecule has 0 spiro atoms. The molecule has 4 nitrogen and oxygen atoms in total. The molecule has 1 aromatic rings. The van der Waals surface area contributed by atoms with Gasteiger partial charge in [0.05, 0.1) is 5.25 Å². The van der Waals surface area contributed by atoms with E-state index in [0.717, 1.165) is 10.5 Å².